The van der Waals surface area contributed by atoms with Crippen LogP contribution in [0.2, 0.25) is 0 Å². The summed E-state index contributed by atoms with van der Waals surface area (Å²) in [6, 6.07) is 7.94. The number of benzene rings is 1. The minimum atomic E-state index is -0.520. The Morgan fingerprint density at radius 1 is 1.00 bits per heavy atom. The van der Waals surface area contributed by atoms with Crippen molar-refractivity contribution in [2.75, 3.05) is 39.0 Å². The van der Waals surface area contributed by atoms with E-state index in [1.807, 2.05) is 45.0 Å². The van der Waals surface area contributed by atoms with Crippen LogP contribution in [0.4, 0.5) is 4.79 Å². The van der Waals surface area contributed by atoms with Gasteiger partial charge >= 0.3 is 6.09 Å². The molecule has 0 radical (unpaired) electrons. The van der Waals surface area contributed by atoms with Crippen LogP contribution in [0.25, 0.3) is 0 Å². The highest BCUT2D eigenvalue weighted by molar-refractivity contribution is 8.03. The first-order valence-corrected chi connectivity index (χ1v) is 13.0. The topological polar surface area (TPSA) is 84.9 Å². The van der Waals surface area contributed by atoms with Crippen molar-refractivity contribution in [2.24, 2.45) is 0 Å². The molecule has 0 unspecified atom stereocenters. The maximum atomic E-state index is 12.6. The van der Waals surface area contributed by atoms with Crippen molar-refractivity contribution < 1.29 is 19.1 Å². The van der Waals surface area contributed by atoms with E-state index in [9.17, 15) is 9.59 Å². The molecule has 1 aromatic heterocycles. The van der Waals surface area contributed by atoms with Crippen LogP contribution >= 0.6 is 34.9 Å². The monoisotopic (exact) mass is 496 g/mol. The molecule has 2 aromatic rings. The number of carbonyl (C=O) groups excluding carboxylic acids is 2. The highest BCUT2D eigenvalue weighted by Crippen LogP contribution is 2.31. The van der Waals surface area contributed by atoms with E-state index < -0.39 is 5.60 Å². The van der Waals surface area contributed by atoms with Crippen LogP contribution in [-0.4, -0.2) is 76.6 Å². The number of thioether (sulfide) groups is 2. The van der Waals surface area contributed by atoms with Gasteiger partial charge in [-0.25, -0.2) is 4.79 Å². The van der Waals surface area contributed by atoms with Crippen LogP contribution in [0.5, 0.6) is 5.75 Å². The average molecular weight is 497 g/mol. The largest absolute Gasteiger partial charge is 0.497 e. The zero-order valence-electron chi connectivity index (χ0n) is 18.7. The summed E-state index contributed by atoms with van der Waals surface area (Å²) in [5.74, 6) is 1.99. The molecule has 32 heavy (non-hydrogen) atoms. The summed E-state index contributed by atoms with van der Waals surface area (Å²) in [4.78, 5) is 28.1. The van der Waals surface area contributed by atoms with Gasteiger partial charge in [0.1, 0.15) is 11.4 Å². The predicted molar refractivity (Wildman–Crippen MR) is 128 cm³/mol. The van der Waals surface area contributed by atoms with E-state index >= 15 is 0 Å². The lowest BCUT2D eigenvalue weighted by molar-refractivity contribution is -0.130. The SMILES string of the molecule is COc1ccc(CSc2nnc(SCC(=O)N3CCN(C(=O)OC(C)(C)C)CC3)s2)cc1. The molecule has 2 heterocycles. The van der Waals surface area contributed by atoms with E-state index in [1.165, 1.54) is 28.7 Å². The molecule has 1 aliphatic heterocycles. The van der Waals surface area contributed by atoms with Gasteiger partial charge in [-0.1, -0.05) is 47.0 Å². The zero-order valence-corrected chi connectivity index (χ0v) is 21.1. The molecular formula is C21H28N4O4S3. The van der Waals surface area contributed by atoms with E-state index in [2.05, 4.69) is 10.2 Å². The van der Waals surface area contributed by atoms with Gasteiger partial charge in [-0.15, -0.1) is 10.2 Å². The third-order valence-corrected chi connectivity index (χ3v) is 7.76. The number of amides is 2. The molecular weight excluding hydrogens is 468 g/mol. The number of aromatic nitrogens is 2. The van der Waals surface area contributed by atoms with E-state index in [4.69, 9.17) is 9.47 Å². The molecule has 11 heteroatoms. The summed E-state index contributed by atoms with van der Waals surface area (Å²) in [5, 5.41) is 8.41. The molecule has 2 amide bonds. The normalized spacial score (nSPS) is 14.4. The summed E-state index contributed by atoms with van der Waals surface area (Å²) in [5.41, 5.74) is 0.662. The number of carbonyl (C=O) groups is 2. The molecule has 0 aliphatic carbocycles. The maximum absolute atomic E-state index is 12.6. The Kier molecular flexibility index (Phi) is 8.66. The van der Waals surface area contributed by atoms with Crippen molar-refractivity contribution in [3.05, 3.63) is 29.8 Å². The molecule has 1 aromatic carbocycles. The van der Waals surface area contributed by atoms with E-state index in [1.54, 1.807) is 28.7 Å². The van der Waals surface area contributed by atoms with Gasteiger partial charge in [-0.2, -0.15) is 0 Å². The van der Waals surface area contributed by atoms with Crippen molar-refractivity contribution in [3.63, 3.8) is 0 Å². The molecule has 0 atom stereocenters. The van der Waals surface area contributed by atoms with E-state index in [0.29, 0.717) is 31.9 Å². The quantitative estimate of drug-likeness (QED) is 0.532. The Hall–Kier alpha value is -1.98. The van der Waals surface area contributed by atoms with Gasteiger partial charge in [-0.3, -0.25) is 4.79 Å². The fourth-order valence-electron chi connectivity index (χ4n) is 2.86. The number of rotatable bonds is 7. The van der Waals surface area contributed by atoms with Crippen molar-refractivity contribution in [3.8, 4) is 5.75 Å². The molecule has 8 nitrogen and oxygen atoms in total. The molecule has 1 fully saturated rings. The Morgan fingerprint density at radius 2 is 1.59 bits per heavy atom. The van der Waals surface area contributed by atoms with Crippen LogP contribution in [-0.2, 0) is 15.3 Å². The highest BCUT2D eigenvalue weighted by atomic mass is 32.2. The molecule has 0 spiro atoms. The Bertz CT molecular complexity index is 907. The molecule has 1 aliphatic rings. The number of nitrogens with zero attached hydrogens (tertiary/aromatic N) is 4. The predicted octanol–water partition coefficient (Wildman–Crippen LogP) is 4.01. The first-order chi connectivity index (χ1) is 15.2. The van der Waals surface area contributed by atoms with Crippen molar-refractivity contribution >= 4 is 46.9 Å². The van der Waals surface area contributed by atoms with E-state index in [-0.39, 0.29) is 12.0 Å². The van der Waals surface area contributed by atoms with Crippen LogP contribution in [0.3, 0.4) is 0 Å². The second-order valence-corrected chi connectivity index (χ2v) is 11.5. The van der Waals surface area contributed by atoms with Gasteiger partial charge in [0.15, 0.2) is 8.68 Å². The lowest BCUT2D eigenvalue weighted by Gasteiger charge is -2.35. The highest BCUT2D eigenvalue weighted by Gasteiger charge is 2.27. The third kappa shape index (κ3) is 7.56. The summed E-state index contributed by atoms with van der Waals surface area (Å²) in [6.45, 7) is 7.52. The van der Waals surface area contributed by atoms with Gasteiger partial charge in [0.25, 0.3) is 0 Å². The van der Waals surface area contributed by atoms with Gasteiger partial charge in [0.05, 0.1) is 12.9 Å². The van der Waals surface area contributed by atoms with Crippen LogP contribution in [0.1, 0.15) is 26.3 Å². The summed E-state index contributed by atoms with van der Waals surface area (Å²) in [7, 11) is 1.65. The number of methoxy groups -OCH3 is 1. The molecule has 3 rings (SSSR count). The number of ether oxygens (including phenoxy) is 2. The molecule has 0 bridgehead atoms. The van der Waals surface area contributed by atoms with Crippen molar-refractivity contribution in [1.29, 1.82) is 0 Å². The lowest BCUT2D eigenvalue weighted by Crippen LogP contribution is -2.52. The summed E-state index contributed by atoms with van der Waals surface area (Å²) >= 11 is 4.52. The zero-order chi connectivity index (χ0) is 23.1. The first kappa shape index (κ1) is 24.7. The summed E-state index contributed by atoms with van der Waals surface area (Å²) < 4.78 is 12.2. The lowest BCUT2D eigenvalue weighted by atomic mass is 10.2. The van der Waals surface area contributed by atoms with Crippen LogP contribution in [0.15, 0.2) is 32.9 Å². The minimum Gasteiger partial charge on any atom is -0.497 e. The average Bonchev–Trinajstić information content (AvgIpc) is 3.23. The smallest absolute Gasteiger partial charge is 0.410 e. The Balaban J connectivity index is 1.39. The van der Waals surface area contributed by atoms with Crippen LogP contribution in [0, 0.1) is 0 Å². The third-order valence-electron chi connectivity index (χ3n) is 4.51. The number of hydrogen-bond acceptors (Lipinski definition) is 9. The Labute approximate surface area is 201 Å². The molecule has 174 valence electrons. The van der Waals surface area contributed by atoms with Crippen molar-refractivity contribution in [1.82, 2.24) is 20.0 Å². The van der Waals surface area contributed by atoms with Crippen LogP contribution < -0.4 is 4.74 Å². The standard InChI is InChI=1S/C21H28N4O4S3/c1-21(2,3)29-20(27)25-11-9-24(10-12-25)17(26)14-31-19-23-22-18(32-19)30-13-15-5-7-16(28-4)8-6-15/h5-8H,9-14H2,1-4H3. The Morgan fingerprint density at radius 3 is 2.19 bits per heavy atom. The van der Waals surface area contributed by atoms with Crippen molar-refractivity contribution in [2.45, 2.75) is 40.8 Å². The van der Waals surface area contributed by atoms with Gasteiger partial charge in [0, 0.05) is 31.9 Å². The van der Waals surface area contributed by atoms with E-state index in [0.717, 1.165) is 20.2 Å². The van der Waals surface area contributed by atoms with Gasteiger partial charge < -0.3 is 19.3 Å². The molecule has 0 saturated carbocycles. The fraction of sp³-hybridized carbons (Fsp3) is 0.524. The van der Waals surface area contributed by atoms with Gasteiger partial charge in [0.2, 0.25) is 5.91 Å². The molecule has 0 N–H and O–H groups in total. The second kappa shape index (κ2) is 11.2. The maximum Gasteiger partial charge on any atom is 0.410 e. The molecule has 1 saturated heterocycles. The number of piperazine rings is 1. The summed E-state index contributed by atoms with van der Waals surface area (Å²) in [6.07, 6.45) is -0.326. The second-order valence-electron chi connectivity index (χ2n) is 8.11. The number of hydrogen-bond donors (Lipinski definition) is 0. The minimum absolute atomic E-state index is 0.0430. The van der Waals surface area contributed by atoms with Gasteiger partial charge in [-0.05, 0) is 38.5 Å². The fourth-order valence-corrected chi connectivity index (χ4v) is 5.74. The first-order valence-electron chi connectivity index (χ1n) is 10.2.